The minimum absolute atomic E-state index is 0.0753. The van der Waals surface area contributed by atoms with Gasteiger partial charge in [-0.3, -0.25) is 14.4 Å². The highest BCUT2D eigenvalue weighted by Crippen LogP contribution is 2.18. The average Bonchev–Trinajstić information content (AvgIpc) is 3.44. The molecule has 0 N–H and O–H groups in total. The van der Waals surface area contributed by atoms with Crippen molar-refractivity contribution >= 4 is 17.9 Å². The third kappa shape index (κ3) is 64.2. The van der Waals surface area contributed by atoms with Gasteiger partial charge in [-0.1, -0.05) is 326 Å². The van der Waals surface area contributed by atoms with Crippen molar-refractivity contribution in [2.45, 2.75) is 380 Å². The van der Waals surface area contributed by atoms with Crippen LogP contribution in [0, 0.1) is 0 Å². The SMILES string of the molecule is CCC/C=C\CCCCCCCC(=O)OCC(COC(=O)CCCCCCCCCCCCCCCCCCCCCCCCCCCCC)OC(=O)CCCCCCCCCC/C=C\C/C=C\C/C=C\CCCCCCC. The summed E-state index contributed by atoms with van der Waals surface area (Å²) in [6.45, 7) is 6.61. The molecule has 0 rings (SSSR count). The number of hydrogen-bond acceptors (Lipinski definition) is 6. The van der Waals surface area contributed by atoms with Gasteiger partial charge in [0.05, 0.1) is 0 Å². The van der Waals surface area contributed by atoms with Crippen molar-refractivity contribution in [3.8, 4) is 0 Å². The second-order valence-corrected chi connectivity index (χ2v) is 23.4. The van der Waals surface area contributed by atoms with E-state index in [0.29, 0.717) is 19.3 Å². The summed E-state index contributed by atoms with van der Waals surface area (Å²) in [6, 6.07) is 0. The fourth-order valence-corrected chi connectivity index (χ4v) is 10.3. The predicted molar refractivity (Wildman–Crippen MR) is 339 cm³/mol. The largest absolute Gasteiger partial charge is 0.462 e. The molecule has 0 aromatic rings. The average molecular weight is 1090 g/mol. The summed E-state index contributed by atoms with van der Waals surface area (Å²) < 4.78 is 16.9. The van der Waals surface area contributed by atoms with Crippen molar-refractivity contribution in [1.82, 2.24) is 0 Å². The van der Waals surface area contributed by atoms with E-state index in [1.807, 2.05) is 0 Å². The van der Waals surface area contributed by atoms with Crippen molar-refractivity contribution in [3.05, 3.63) is 48.6 Å². The normalized spacial score (nSPS) is 12.3. The highest BCUT2D eigenvalue weighted by molar-refractivity contribution is 5.71. The maximum absolute atomic E-state index is 12.9. The summed E-state index contributed by atoms with van der Waals surface area (Å²) in [5.74, 6) is -0.872. The Kier molecular flexibility index (Phi) is 64.6. The maximum atomic E-state index is 12.9. The van der Waals surface area contributed by atoms with E-state index >= 15 is 0 Å². The Morgan fingerprint density at radius 3 is 0.782 bits per heavy atom. The standard InChI is InChI=1S/C72H132O6/c1-4-7-10-13-16-19-22-24-26-28-30-32-34-35-36-37-39-40-42-44-46-48-50-53-56-59-62-65-71(74)77-68-69(67-76-70(73)64-61-58-55-52-21-18-15-12-9-6-3)78-72(75)66-63-60-57-54-51-49-47-45-43-41-38-33-31-29-27-25-23-20-17-14-11-8-5-2/h12,15,23,25,29,31,38,41,69H,4-11,13-14,16-22,24,26-28,30,32-37,39-40,42-68H2,1-3H3/b15-12-,25-23-,31-29-,41-38-. The minimum atomic E-state index is -0.779. The lowest BCUT2D eigenvalue weighted by Crippen LogP contribution is -2.30. The van der Waals surface area contributed by atoms with Crippen molar-refractivity contribution in [2.75, 3.05) is 13.2 Å². The Labute approximate surface area is 486 Å². The molecule has 0 saturated heterocycles. The minimum Gasteiger partial charge on any atom is -0.462 e. The molecule has 0 aliphatic carbocycles. The zero-order valence-corrected chi connectivity index (χ0v) is 52.5. The molecular formula is C72H132O6. The van der Waals surface area contributed by atoms with E-state index < -0.39 is 6.10 Å². The van der Waals surface area contributed by atoms with Gasteiger partial charge in [0.15, 0.2) is 6.10 Å². The lowest BCUT2D eigenvalue weighted by Gasteiger charge is -2.18. The van der Waals surface area contributed by atoms with Crippen LogP contribution in [0.2, 0.25) is 0 Å². The fraction of sp³-hybridized carbons (Fsp3) is 0.847. The molecule has 0 radical (unpaired) electrons. The van der Waals surface area contributed by atoms with Crippen molar-refractivity contribution in [3.63, 3.8) is 0 Å². The van der Waals surface area contributed by atoms with Crippen molar-refractivity contribution in [2.24, 2.45) is 0 Å². The summed E-state index contributed by atoms with van der Waals surface area (Å²) in [7, 11) is 0. The van der Waals surface area contributed by atoms with Crippen LogP contribution >= 0.6 is 0 Å². The summed E-state index contributed by atoms with van der Waals surface area (Å²) in [5, 5.41) is 0. The van der Waals surface area contributed by atoms with Crippen LogP contribution in [-0.4, -0.2) is 37.2 Å². The fourth-order valence-electron chi connectivity index (χ4n) is 10.3. The van der Waals surface area contributed by atoms with Gasteiger partial charge >= 0.3 is 17.9 Å². The van der Waals surface area contributed by atoms with Gasteiger partial charge in [-0.25, -0.2) is 0 Å². The monoisotopic (exact) mass is 1090 g/mol. The van der Waals surface area contributed by atoms with Crippen molar-refractivity contribution in [1.29, 1.82) is 0 Å². The molecule has 0 aromatic heterocycles. The maximum Gasteiger partial charge on any atom is 0.306 e. The Balaban J connectivity index is 4.17. The molecule has 456 valence electrons. The summed E-state index contributed by atoms with van der Waals surface area (Å²) in [6.07, 6.45) is 84.4. The molecule has 6 heteroatoms. The van der Waals surface area contributed by atoms with Gasteiger partial charge in [0.1, 0.15) is 13.2 Å². The molecule has 0 fully saturated rings. The van der Waals surface area contributed by atoms with Crippen LogP contribution in [0.15, 0.2) is 48.6 Å². The number of unbranched alkanes of at least 4 members (excludes halogenated alkanes) is 45. The highest BCUT2D eigenvalue weighted by Gasteiger charge is 2.19. The molecule has 0 heterocycles. The molecule has 0 bridgehead atoms. The first-order valence-corrected chi connectivity index (χ1v) is 34.6. The molecule has 6 nitrogen and oxygen atoms in total. The first kappa shape index (κ1) is 75.4. The number of carbonyl (C=O) groups excluding carboxylic acids is 3. The second kappa shape index (κ2) is 66.9. The van der Waals surface area contributed by atoms with Gasteiger partial charge in [0.2, 0.25) is 0 Å². The van der Waals surface area contributed by atoms with E-state index in [4.69, 9.17) is 14.2 Å². The van der Waals surface area contributed by atoms with Crippen molar-refractivity contribution < 1.29 is 28.6 Å². The summed E-state index contributed by atoms with van der Waals surface area (Å²) in [4.78, 5) is 38.3. The van der Waals surface area contributed by atoms with Gasteiger partial charge in [-0.2, -0.15) is 0 Å². The van der Waals surface area contributed by atoms with E-state index in [9.17, 15) is 14.4 Å². The Morgan fingerprint density at radius 1 is 0.256 bits per heavy atom. The van der Waals surface area contributed by atoms with E-state index in [1.165, 1.54) is 244 Å². The number of carbonyl (C=O) groups is 3. The quantitative estimate of drug-likeness (QED) is 0.0261. The number of esters is 3. The van der Waals surface area contributed by atoms with E-state index in [-0.39, 0.29) is 31.1 Å². The second-order valence-electron chi connectivity index (χ2n) is 23.4. The molecule has 78 heavy (non-hydrogen) atoms. The Bertz CT molecular complexity index is 1350. The third-order valence-electron chi connectivity index (χ3n) is 15.5. The summed E-state index contributed by atoms with van der Waals surface area (Å²) in [5.41, 5.74) is 0. The van der Waals surface area contributed by atoms with Crippen LogP contribution in [-0.2, 0) is 28.6 Å². The lowest BCUT2D eigenvalue weighted by atomic mass is 10.0. The van der Waals surface area contributed by atoms with Gasteiger partial charge in [0, 0.05) is 19.3 Å². The van der Waals surface area contributed by atoms with Gasteiger partial charge < -0.3 is 14.2 Å². The molecular weight excluding hydrogens is 961 g/mol. The molecule has 1 unspecified atom stereocenters. The Hall–Kier alpha value is -2.63. The molecule has 0 spiro atoms. The van der Waals surface area contributed by atoms with Crippen LogP contribution < -0.4 is 0 Å². The topological polar surface area (TPSA) is 78.9 Å². The summed E-state index contributed by atoms with van der Waals surface area (Å²) >= 11 is 0. The molecule has 0 aliphatic rings. The first-order chi connectivity index (χ1) is 38.5. The van der Waals surface area contributed by atoms with E-state index in [1.54, 1.807) is 0 Å². The smallest absolute Gasteiger partial charge is 0.306 e. The van der Waals surface area contributed by atoms with Crippen LogP contribution in [0.3, 0.4) is 0 Å². The first-order valence-electron chi connectivity index (χ1n) is 34.6. The molecule has 0 saturated carbocycles. The van der Waals surface area contributed by atoms with Gasteiger partial charge in [-0.05, 0) is 77.0 Å². The van der Waals surface area contributed by atoms with E-state index in [0.717, 1.165) is 89.9 Å². The zero-order chi connectivity index (χ0) is 56.4. The number of allylic oxidation sites excluding steroid dienone is 8. The zero-order valence-electron chi connectivity index (χ0n) is 52.5. The number of rotatable bonds is 64. The van der Waals surface area contributed by atoms with Gasteiger partial charge in [-0.15, -0.1) is 0 Å². The highest BCUT2D eigenvalue weighted by atomic mass is 16.6. The van der Waals surface area contributed by atoms with Gasteiger partial charge in [0.25, 0.3) is 0 Å². The van der Waals surface area contributed by atoms with E-state index in [2.05, 4.69) is 69.4 Å². The molecule has 0 aliphatic heterocycles. The molecule has 1 atom stereocenters. The third-order valence-corrected chi connectivity index (χ3v) is 15.5. The number of hydrogen-bond donors (Lipinski definition) is 0. The Morgan fingerprint density at radius 2 is 0.487 bits per heavy atom. The van der Waals surface area contributed by atoms with Crippen LogP contribution in [0.25, 0.3) is 0 Å². The van der Waals surface area contributed by atoms with Crippen LogP contribution in [0.1, 0.15) is 374 Å². The lowest BCUT2D eigenvalue weighted by molar-refractivity contribution is -0.167. The van der Waals surface area contributed by atoms with Crippen LogP contribution in [0.4, 0.5) is 0 Å². The molecule has 0 aromatic carbocycles. The molecule has 0 amide bonds. The van der Waals surface area contributed by atoms with Crippen LogP contribution in [0.5, 0.6) is 0 Å². The number of ether oxygens (including phenoxy) is 3. The predicted octanol–water partition coefficient (Wildman–Crippen LogP) is 23.7.